The van der Waals surface area contributed by atoms with Gasteiger partial charge in [0.05, 0.1) is 5.56 Å². The van der Waals surface area contributed by atoms with Gasteiger partial charge in [-0.1, -0.05) is 29.5 Å². The van der Waals surface area contributed by atoms with Crippen molar-refractivity contribution in [3.05, 3.63) is 59.8 Å². The number of alkyl halides is 3. The molecule has 0 spiro atoms. The quantitative estimate of drug-likeness (QED) is 0.746. The van der Waals surface area contributed by atoms with Gasteiger partial charge in [0.25, 0.3) is 0 Å². The normalized spacial score (nSPS) is 11.5. The van der Waals surface area contributed by atoms with E-state index in [4.69, 9.17) is 0 Å². The molecule has 124 valence electrons. The number of hydrogen-bond donors (Lipinski definition) is 1. The SMILES string of the molecule is FC(F)(F)c1ccc(CCNc2nnc(-c3ccccn3)s2)cc1. The van der Waals surface area contributed by atoms with E-state index in [-0.39, 0.29) is 0 Å². The summed E-state index contributed by atoms with van der Waals surface area (Å²) >= 11 is 1.38. The van der Waals surface area contributed by atoms with Gasteiger partial charge in [-0.2, -0.15) is 13.2 Å². The van der Waals surface area contributed by atoms with Crippen molar-refractivity contribution in [2.24, 2.45) is 0 Å². The van der Waals surface area contributed by atoms with Crippen LogP contribution in [0.1, 0.15) is 11.1 Å². The maximum atomic E-state index is 12.5. The van der Waals surface area contributed by atoms with Crippen LogP contribution in [0.5, 0.6) is 0 Å². The van der Waals surface area contributed by atoms with Gasteiger partial charge in [-0.3, -0.25) is 4.98 Å². The Labute approximate surface area is 140 Å². The van der Waals surface area contributed by atoms with Crippen LogP contribution in [0.25, 0.3) is 10.7 Å². The Morgan fingerprint density at radius 3 is 2.46 bits per heavy atom. The summed E-state index contributed by atoms with van der Waals surface area (Å²) in [4.78, 5) is 4.21. The first-order chi connectivity index (χ1) is 11.5. The summed E-state index contributed by atoms with van der Waals surface area (Å²) in [6, 6.07) is 10.7. The van der Waals surface area contributed by atoms with Crippen LogP contribution in [-0.2, 0) is 12.6 Å². The highest BCUT2D eigenvalue weighted by molar-refractivity contribution is 7.18. The molecule has 24 heavy (non-hydrogen) atoms. The number of hydrogen-bond acceptors (Lipinski definition) is 5. The van der Waals surface area contributed by atoms with Gasteiger partial charge in [0, 0.05) is 12.7 Å². The Balaban J connectivity index is 1.54. The number of rotatable bonds is 5. The van der Waals surface area contributed by atoms with Gasteiger partial charge in [-0.05, 0) is 36.2 Å². The van der Waals surface area contributed by atoms with Gasteiger partial charge >= 0.3 is 6.18 Å². The average molecular weight is 350 g/mol. The molecule has 1 aromatic carbocycles. The summed E-state index contributed by atoms with van der Waals surface area (Å²) in [5.41, 5.74) is 0.944. The second-order valence-electron chi connectivity index (χ2n) is 5.00. The third-order valence-corrected chi connectivity index (χ3v) is 4.18. The van der Waals surface area contributed by atoms with Crippen molar-refractivity contribution < 1.29 is 13.2 Å². The Morgan fingerprint density at radius 2 is 1.79 bits per heavy atom. The van der Waals surface area contributed by atoms with Gasteiger partial charge in [0.15, 0.2) is 5.01 Å². The van der Waals surface area contributed by atoms with Gasteiger partial charge in [-0.15, -0.1) is 10.2 Å². The summed E-state index contributed by atoms with van der Waals surface area (Å²) < 4.78 is 37.5. The fraction of sp³-hybridized carbons (Fsp3) is 0.188. The number of aromatic nitrogens is 3. The summed E-state index contributed by atoms with van der Waals surface area (Å²) in [5, 5.41) is 12.6. The van der Waals surface area contributed by atoms with Crippen LogP contribution in [0.2, 0.25) is 0 Å². The molecule has 0 radical (unpaired) electrons. The lowest BCUT2D eigenvalue weighted by molar-refractivity contribution is -0.137. The van der Waals surface area contributed by atoms with E-state index in [1.165, 1.54) is 23.5 Å². The van der Waals surface area contributed by atoms with Crippen LogP contribution >= 0.6 is 11.3 Å². The Morgan fingerprint density at radius 1 is 1.00 bits per heavy atom. The number of nitrogens with one attached hydrogen (secondary N) is 1. The number of anilines is 1. The minimum absolute atomic E-state index is 0.558. The molecule has 0 aliphatic heterocycles. The molecule has 0 bridgehead atoms. The van der Waals surface area contributed by atoms with Gasteiger partial charge in [0.2, 0.25) is 5.13 Å². The molecule has 0 saturated carbocycles. The van der Waals surface area contributed by atoms with E-state index in [1.54, 1.807) is 6.20 Å². The van der Waals surface area contributed by atoms with Crippen molar-refractivity contribution in [2.45, 2.75) is 12.6 Å². The first kappa shape index (κ1) is 16.4. The van der Waals surface area contributed by atoms with E-state index >= 15 is 0 Å². The van der Waals surface area contributed by atoms with Crippen molar-refractivity contribution in [3.63, 3.8) is 0 Å². The van der Waals surface area contributed by atoms with E-state index < -0.39 is 11.7 Å². The van der Waals surface area contributed by atoms with Crippen LogP contribution in [0.4, 0.5) is 18.3 Å². The second kappa shape index (κ2) is 6.96. The van der Waals surface area contributed by atoms with Crippen LogP contribution < -0.4 is 5.32 Å². The molecule has 2 aromatic heterocycles. The smallest absolute Gasteiger partial charge is 0.360 e. The topological polar surface area (TPSA) is 50.7 Å². The molecule has 0 aliphatic rings. The molecule has 0 amide bonds. The first-order valence-electron chi connectivity index (χ1n) is 7.17. The molecular formula is C16H13F3N4S. The van der Waals surface area contributed by atoms with Gasteiger partial charge < -0.3 is 5.32 Å². The second-order valence-corrected chi connectivity index (χ2v) is 5.98. The lowest BCUT2D eigenvalue weighted by Crippen LogP contribution is -2.07. The maximum absolute atomic E-state index is 12.5. The molecule has 2 heterocycles. The third-order valence-electron chi connectivity index (χ3n) is 3.28. The van der Waals surface area contributed by atoms with E-state index in [0.717, 1.165) is 23.4 Å². The highest BCUT2D eigenvalue weighted by Gasteiger charge is 2.29. The fourth-order valence-corrected chi connectivity index (χ4v) is 2.81. The standard InChI is InChI=1S/C16H13F3N4S/c17-16(18,19)12-6-4-11(5-7-12)8-10-21-15-23-22-14(24-15)13-3-1-2-9-20-13/h1-7,9H,8,10H2,(H,21,23). The van der Waals surface area contributed by atoms with Gasteiger partial charge in [-0.25, -0.2) is 0 Å². The number of pyridine rings is 1. The summed E-state index contributed by atoms with van der Waals surface area (Å²) in [6.45, 7) is 0.558. The average Bonchev–Trinajstić information content (AvgIpc) is 3.04. The van der Waals surface area contributed by atoms with Crippen molar-refractivity contribution in [3.8, 4) is 10.7 Å². The minimum atomic E-state index is -4.30. The zero-order valence-corrected chi connectivity index (χ0v) is 13.2. The molecule has 3 aromatic rings. The lowest BCUT2D eigenvalue weighted by Gasteiger charge is -2.07. The van der Waals surface area contributed by atoms with E-state index in [2.05, 4.69) is 20.5 Å². The zero-order valence-electron chi connectivity index (χ0n) is 12.4. The molecule has 3 rings (SSSR count). The monoisotopic (exact) mass is 350 g/mol. The molecule has 0 unspecified atom stereocenters. The number of benzene rings is 1. The van der Waals surface area contributed by atoms with Crippen LogP contribution in [0.3, 0.4) is 0 Å². The summed E-state index contributed by atoms with van der Waals surface area (Å²) in [5.74, 6) is 0. The Hall–Kier alpha value is -2.48. The number of halogens is 3. The van der Waals surface area contributed by atoms with Gasteiger partial charge in [0.1, 0.15) is 5.69 Å². The number of nitrogens with zero attached hydrogens (tertiary/aromatic N) is 3. The Kier molecular flexibility index (Phi) is 4.75. The Bertz CT molecular complexity index is 785. The maximum Gasteiger partial charge on any atom is 0.416 e. The predicted octanol–water partition coefficient (Wildman–Crippen LogP) is 4.27. The molecular weight excluding hydrogens is 337 g/mol. The van der Waals surface area contributed by atoms with Crippen LogP contribution in [0, 0.1) is 0 Å². The molecule has 0 saturated heterocycles. The molecule has 0 atom stereocenters. The van der Waals surface area contributed by atoms with Crippen molar-refractivity contribution in [1.29, 1.82) is 0 Å². The first-order valence-corrected chi connectivity index (χ1v) is 7.99. The predicted molar refractivity (Wildman–Crippen MR) is 86.8 cm³/mol. The summed E-state index contributed by atoms with van der Waals surface area (Å²) in [6.07, 6.45) is -2.02. The minimum Gasteiger partial charge on any atom is -0.360 e. The van der Waals surface area contributed by atoms with E-state index in [9.17, 15) is 13.2 Å². The lowest BCUT2D eigenvalue weighted by atomic mass is 10.1. The molecule has 4 nitrogen and oxygen atoms in total. The van der Waals surface area contributed by atoms with Crippen molar-refractivity contribution in [1.82, 2.24) is 15.2 Å². The van der Waals surface area contributed by atoms with Crippen molar-refractivity contribution >= 4 is 16.5 Å². The van der Waals surface area contributed by atoms with Crippen molar-refractivity contribution in [2.75, 3.05) is 11.9 Å². The van der Waals surface area contributed by atoms with Crippen LogP contribution in [0.15, 0.2) is 48.7 Å². The van der Waals surface area contributed by atoms with E-state index in [0.29, 0.717) is 23.1 Å². The largest absolute Gasteiger partial charge is 0.416 e. The zero-order chi connectivity index (χ0) is 17.0. The third kappa shape index (κ3) is 4.08. The van der Waals surface area contributed by atoms with Crippen LogP contribution in [-0.4, -0.2) is 21.7 Å². The summed E-state index contributed by atoms with van der Waals surface area (Å²) in [7, 11) is 0. The van der Waals surface area contributed by atoms with E-state index in [1.807, 2.05) is 18.2 Å². The molecule has 8 heteroatoms. The molecule has 1 N–H and O–H groups in total. The molecule has 0 aliphatic carbocycles. The highest BCUT2D eigenvalue weighted by Crippen LogP contribution is 2.29. The highest BCUT2D eigenvalue weighted by atomic mass is 32.1. The fourth-order valence-electron chi connectivity index (χ4n) is 2.06. The molecule has 0 fully saturated rings.